The van der Waals surface area contributed by atoms with Crippen LogP contribution < -0.4 is 4.68 Å². The molecule has 90 valence electrons. The van der Waals surface area contributed by atoms with Gasteiger partial charge in [0, 0.05) is 5.10 Å². The minimum atomic E-state index is -0.647. The summed E-state index contributed by atoms with van der Waals surface area (Å²) in [4.78, 5) is 11.5. The van der Waals surface area contributed by atoms with Gasteiger partial charge in [-0.15, -0.1) is 4.68 Å². The van der Waals surface area contributed by atoms with E-state index in [2.05, 4.69) is 10.3 Å². The average molecular weight is 243 g/mol. The van der Waals surface area contributed by atoms with Gasteiger partial charge in [0.05, 0.1) is 6.61 Å². The summed E-state index contributed by atoms with van der Waals surface area (Å²) in [6.45, 7) is 1.91. The highest BCUT2D eigenvalue weighted by molar-refractivity contribution is 5.95. The molecule has 6 heteroatoms. The summed E-state index contributed by atoms with van der Waals surface area (Å²) >= 11 is 0. The molecule has 0 aliphatic heterocycles. The predicted octanol–water partition coefficient (Wildman–Crippen LogP) is 0.778. The second kappa shape index (κ2) is 5.10. The largest absolute Gasteiger partial charge is 0.462 e. The van der Waals surface area contributed by atoms with Crippen molar-refractivity contribution in [2.45, 2.75) is 6.92 Å². The van der Waals surface area contributed by atoms with Gasteiger partial charge < -0.3 is 4.74 Å². The molecule has 1 N–H and O–H groups in total. The van der Waals surface area contributed by atoms with Gasteiger partial charge in [-0.25, -0.2) is 4.79 Å². The van der Waals surface area contributed by atoms with E-state index in [4.69, 9.17) is 10.00 Å². The Labute approximate surface area is 103 Å². The lowest BCUT2D eigenvalue weighted by molar-refractivity contribution is -0.608. The maximum absolute atomic E-state index is 11.5. The third-order valence-electron chi connectivity index (χ3n) is 2.29. The van der Waals surface area contributed by atoms with E-state index in [1.807, 2.05) is 30.3 Å². The fourth-order valence-corrected chi connectivity index (χ4v) is 1.49. The van der Waals surface area contributed by atoms with Gasteiger partial charge in [0.15, 0.2) is 5.57 Å². The molecule has 0 aliphatic rings. The number of aromatic amines is 1. The first-order chi connectivity index (χ1) is 8.76. The maximum Gasteiger partial charge on any atom is 0.352 e. The maximum atomic E-state index is 11.5. The molecule has 2 aromatic rings. The molecule has 2 rings (SSSR count). The molecule has 1 heterocycles. The first-order valence-electron chi connectivity index (χ1n) is 5.40. The number of nitriles is 1. The summed E-state index contributed by atoms with van der Waals surface area (Å²) in [5.41, 5.74) is 1.43. The second-order valence-corrected chi connectivity index (χ2v) is 3.45. The number of benzene rings is 1. The highest BCUT2D eigenvalue weighted by Gasteiger charge is 2.15. The minimum Gasteiger partial charge on any atom is -0.462 e. The van der Waals surface area contributed by atoms with Crippen molar-refractivity contribution in [3.05, 3.63) is 29.8 Å². The van der Waals surface area contributed by atoms with Crippen LogP contribution in [0.4, 0.5) is 0 Å². The summed E-state index contributed by atoms with van der Waals surface area (Å²) in [7, 11) is 0. The van der Waals surface area contributed by atoms with E-state index < -0.39 is 5.97 Å². The van der Waals surface area contributed by atoms with Crippen LogP contribution in [0.15, 0.2) is 29.8 Å². The van der Waals surface area contributed by atoms with E-state index in [9.17, 15) is 4.79 Å². The number of para-hydroxylation sites is 2. The second-order valence-electron chi connectivity index (χ2n) is 3.45. The van der Waals surface area contributed by atoms with Crippen LogP contribution in [0.3, 0.4) is 0 Å². The number of H-pyrrole nitrogens is 1. The van der Waals surface area contributed by atoms with Crippen molar-refractivity contribution in [3.63, 3.8) is 0 Å². The number of ether oxygens (including phenoxy) is 1. The first-order valence-corrected chi connectivity index (χ1v) is 5.40. The highest BCUT2D eigenvalue weighted by Crippen LogP contribution is 2.05. The first kappa shape index (κ1) is 11.8. The summed E-state index contributed by atoms with van der Waals surface area (Å²) in [5.74, 6) is -0.647. The number of nitrogens with one attached hydrogen (secondary N) is 1. The van der Waals surface area contributed by atoms with Crippen LogP contribution in [-0.4, -0.2) is 22.9 Å². The Morgan fingerprint density at radius 1 is 1.61 bits per heavy atom. The number of esters is 1. The summed E-state index contributed by atoms with van der Waals surface area (Å²) in [6.07, 6.45) is 1.37. The van der Waals surface area contributed by atoms with Gasteiger partial charge in [0.1, 0.15) is 12.3 Å². The number of hydrogen-bond acceptors (Lipinski definition) is 4. The average Bonchev–Trinajstić information content (AvgIpc) is 2.79. The van der Waals surface area contributed by atoms with Crippen molar-refractivity contribution < 1.29 is 14.2 Å². The number of carbonyl (C=O) groups excluding carboxylic acids is 1. The van der Waals surface area contributed by atoms with Crippen LogP contribution >= 0.6 is 0 Å². The number of fused-ring (bicyclic) bond motifs is 1. The fraction of sp³-hybridized carbons (Fsp3) is 0.167. The lowest BCUT2D eigenvalue weighted by Gasteiger charge is -1.97. The smallest absolute Gasteiger partial charge is 0.352 e. The van der Waals surface area contributed by atoms with Gasteiger partial charge in [-0.05, 0) is 19.1 Å². The molecule has 0 atom stereocenters. The van der Waals surface area contributed by atoms with Crippen LogP contribution in [-0.2, 0) is 9.53 Å². The van der Waals surface area contributed by atoms with E-state index in [0.29, 0.717) is 0 Å². The molecule has 18 heavy (non-hydrogen) atoms. The monoisotopic (exact) mass is 243 g/mol. The molecular formula is C12H11N4O2+. The molecule has 0 saturated carbocycles. The topological polar surface area (TPSA) is 82.7 Å². The third-order valence-corrected chi connectivity index (χ3v) is 2.29. The Kier molecular flexibility index (Phi) is 3.34. The summed E-state index contributed by atoms with van der Waals surface area (Å²) in [6, 6.07) is 9.16. The molecule has 0 fully saturated rings. The normalized spacial score (nSPS) is 11.2. The summed E-state index contributed by atoms with van der Waals surface area (Å²) in [5, 5.41) is 15.7. The highest BCUT2D eigenvalue weighted by atomic mass is 16.5. The fourth-order valence-electron chi connectivity index (χ4n) is 1.49. The van der Waals surface area contributed by atoms with Crippen LogP contribution in [0.2, 0.25) is 0 Å². The summed E-state index contributed by atoms with van der Waals surface area (Å²) < 4.78 is 6.28. The zero-order valence-corrected chi connectivity index (χ0v) is 9.75. The van der Waals surface area contributed by atoms with Gasteiger partial charge in [-0.3, -0.25) is 0 Å². The van der Waals surface area contributed by atoms with Crippen molar-refractivity contribution in [1.29, 1.82) is 5.26 Å². The van der Waals surface area contributed by atoms with E-state index in [-0.39, 0.29) is 12.2 Å². The zero-order valence-electron chi connectivity index (χ0n) is 9.75. The van der Waals surface area contributed by atoms with Crippen LogP contribution in [0, 0.1) is 11.3 Å². The molecule has 0 unspecified atom stereocenters. The quantitative estimate of drug-likeness (QED) is 0.373. The SMILES string of the molecule is CCOC(=O)/C(C#N)=C\[n+]1[nH]nc2ccccc21. The number of hydrogen-bond donors (Lipinski definition) is 1. The molecular weight excluding hydrogens is 232 g/mol. The Morgan fingerprint density at radius 3 is 3.11 bits per heavy atom. The van der Waals surface area contributed by atoms with E-state index in [0.717, 1.165) is 11.0 Å². The van der Waals surface area contributed by atoms with E-state index >= 15 is 0 Å². The number of carbonyl (C=O) groups is 1. The third kappa shape index (κ3) is 2.20. The zero-order chi connectivity index (χ0) is 13.0. The minimum absolute atomic E-state index is 0.0868. The predicted molar refractivity (Wildman–Crippen MR) is 62.8 cm³/mol. The molecule has 0 saturated heterocycles. The van der Waals surface area contributed by atoms with Crippen LogP contribution in [0.5, 0.6) is 0 Å². The van der Waals surface area contributed by atoms with E-state index in [1.54, 1.807) is 6.92 Å². The van der Waals surface area contributed by atoms with Gasteiger partial charge >= 0.3 is 5.97 Å². The van der Waals surface area contributed by atoms with Crippen molar-refractivity contribution in [3.8, 4) is 6.07 Å². The Balaban J connectivity index is 2.42. The van der Waals surface area contributed by atoms with Gasteiger partial charge in [-0.1, -0.05) is 17.3 Å². The lowest BCUT2D eigenvalue weighted by Crippen LogP contribution is -2.30. The molecule has 0 radical (unpaired) electrons. The molecule has 0 aliphatic carbocycles. The Morgan fingerprint density at radius 2 is 2.39 bits per heavy atom. The number of rotatable bonds is 3. The van der Waals surface area contributed by atoms with Crippen molar-refractivity contribution >= 4 is 23.2 Å². The van der Waals surface area contributed by atoms with Crippen molar-refractivity contribution in [2.24, 2.45) is 0 Å². The molecule has 1 aromatic carbocycles. The Hall–Kier alpha value is -2.68. The van der Waals surface area contributed by atoms with Gasteiger partial charge in [0.25, 0.3) is 0 Å². The van der Waals surface area contributed by atoms with Crippen molar-refractivity contribution in [1.82, 2.24) is 10.3 Å². The van der Waals surface area contributed by atoms with E-state index in [1.165, 1.54) is 10.9 Å². The van der Waals surface area contributed by atoms with Crippen LogP contribution in [0.1, 0.15) is 6.92 Å². The van der Waals surface area contributed by atoms with Crippen LogP contribution in [0.25, 0.3) is 17.2 Å². The molecule has 6 nitrogen and oxygen atoms in total. The lowest BCUT2D eigenvalue weighted by atomic mass is 10.3. The molecule has 0 bridgehead atoms. The molecule has 1 aromatic heterocycles. The number of nitrogens with zero attached hydrogens (tertiary/aromatic N) is 3. The molecule has 0 amide bonds. The number of aromatic nitrogens is 3. The van der Waals surface area contributed by atoms with Crippen molar-refractivity contribution in [2.75, 3.05) is 6.61 Å². The Bertz CT molecular complexity index is 651. The van der Waals surface area contributed by atoms with Gasteiger partial charge in [0.2, 0.25) is 11.0 Å². The standard InChI is InChI=1S/C12H10N4O2/c1-2-18-12(17)9(7-13)8-16-11-6-4-3-5-10(11)14-15-16/h3-6,8H,2H2,1H3/p+1/b9-8-. The van der Waals surface area contributed by atoms with Gasteiger partial charge in [-0.2, -0.15) is 5.26 Å². The molecule has 0 spiro atoms.